The Morgan fingerprint density at radius 3 is 1.88 bits per heavy atom. The monoisotopic (exact) mass is 360 g/mol. The Hall–Kier alpha value is -2.19. The van der Waals surface area contributed by atoms with Gasteiger partial charge >= 0.3 is 0 Å². The maximum atomic E-state index is 2.44. The second-order valence-electron chi connectivity index (χ2n) is 8.43. The van der Waals surface area contributed by atoms with Crippen molar-refractivity contribution in [3.05, 3.63) is 71.4 Å². The summed E-state index contributed by atoms with van der Waals surface area (Å²) in [6, 6.07) is 17.7. The van der Waals surface area contributed by atoms with Crippen LogP contribution in [-0.4, -0.2) is 8.07 Å². The lowest BCUT2D eigenvalue weighted by Crippen LogP contribution is -2.46. The maximum Gasteiger partial charge on any atom is 0.213 e. The molecule has 0 aliphatic rings. The van der Waals surface area contributed by atoms with E-state index in [2.05, 4.69) is 107 Å². The molecular weight excluding hydrogens is 330 g/mol. The third kappa shape index (κ3) is 3.39. The van der Waals surface area contributed by atoms with Crippen LogP contribution in [0.25, 0.3) is 22.4 Å². The predicted molar refractivity (Wildman–Crippen MR) is 116 cm³/mol. The molecule has 1 nitrogen and oxygen atoms in total. The summed E-state index contributed by atoms with van der Waals surface area (Å²) in [6.45, 7) is 14.0. The molecule has 0 saturated carbocycles. The molecule has 134 valence electrons. The Morgan fingerprint density at radius 1 is 0.731 bits per heavy atom. The Morgan fingerprint density at radius 2 is 1.31 bits per heavy atom. The fourth-order valence-corrected chi connectivity index (χ4v) is 5.41. The zero-order chi connectivity index (χ0) is 19.1. The second-order valence-corrected chi connectivity index (χ2v) is 13.5. The molecule has 1 heterocycles. The molecule has 26 heavy (non-hydrogen) atoms. The molecule has 0 unspecified atom stereocenters. The van der Waals surface area contributed by atoms with Crippen molar-refractivity contribution in [2.45, 2.75) is 40.4 Å². The highest BCUT2D eigenvalue weighted by Gasteiger charge is 2.28. The summed E-state index contributed by atoms with van der Waals surface area (Å²) in [6.07, 6.45) is 2.38. The Balaban J connectivity index is 2.38. The summed E-state index contributed by atoms with van der Waals surface area (Å²) < 4.78 is 2.31. The molecule has 2 heteroatoms. The first-order valence-electron chi connectivity index (χ1n) is 9.37. The molecule has 2 aromatic carbocycles. The average molecular weight is 361 g/mol. The molecule has 1 aromatic heterocycles. The number of aryl methyl sites for hydroxylation is 4. The fraction of sp³-hybridized carbons (Fsp3) is 0.292. The predicted octanol–water partition coefficient (Wildman–Crippen LogP) is 5.32. The van der Waals surface area contributed by atoms with Gasteiger partial charge in [0.15, 0.2) is 6.20 Å². The molecule has 0 atom stereocenters. The molecule has 0 aliphatic heterocycles. The largest absolute Gasteiger partial charge is 0.213 e. The van der Waals surface area contributed by atoms with Gasteiger partial charge in [-0.1, -0.05) is 56.0 Å². The number of rotatable bonds is 3. The molecular formula is C24H30NSi+. The van der Waals surface area contributed by atoms with Crippen LogP contribution >= 0.6 is 0 Å². The van der Waals surface area contributed by atoms with Gasteiger partial charge in [-0.3, -0.25) is 0 Å². The SMILES string of the molecule is Cc1ccccc1-c1cc(-c2c(C)cccc2C)c([Si](C)(C)C)c[n+]1C. The maximum absolute atomic E-state index is 2.44. The minimum atomic E-state index is -1.50. The van der Waals surface area contributed by atoms with Crippen LogP contribution in [0.15, 0.2) is 54.7 Å². The summed E-state index contributed by atoms with van der Waals surface area (Å²) >= 11 is 0. The number of hydrogen-bond acceptors (Lipinski definition) is 0. The van der Waals surface area contributed by atoms with E-state index < -0.39 is 8.07 Å². The van der Waals surface area contributed by atoms with E-state index in [9.17, 15) is 0 Å². The van der Waals surface area contributed by atoms with E-state index in [1.807, 2.05) is 0 Å². The van der Waals surface area contributed by atoms with Crippen LogP contribution in [0.4, 0.5) is 0 Å². The van der Waals surface area contributed by atoms with Gasteiger partial charge in [0.2, 0.25) is 5.69 Å². The van der Waals surface area contributed by atoms with Crippen molar-refractivity contribution in [1.29, 1.82) is 0 Å². The Bertz CT molecular complexity index is 944. The van der Waals surface area contributed by atoms with Gasteiger partial charge in [0, 0.05) is 16.8 Å². The molecule has 0 fully saturated rings. The lowest BCUT2D eigenvalue weighted by Gasteiger charge is -2.22. The van der Waals surface area contributed by atoms with Crippen molar-refractivity contribution in [2.24, 2.45) is 7.05 Å². The molecule has 3 rings (SSSR count). The minimum Gasteiger partial charge on any atom is -0.201 e. The van der Waals surface area contributed by atoms with Gasteiger partial charge in [0.1, 0.15) is 7.05 Å². The third-order valence-electron chi connectivity index (χ3n) is 5.25. The van der Waals surface area contributed by atoms with E-state index in [1.54, 1.807) is 0 Å². The van der Waals surface area contributed by atoms with Gasteiger partial charge in [0.25, 0.3) is 0 Å². The van der Waals surface area contributed by atoms with Gasteiger partial charge in [-0.05, 0) is 54.7 Å². The highest BCUT2D eigenvalue weighted by molar-refractivity contribution is 6.89. The highest BCUT2D eigenvalue weighted by Crippen LogP contribution is 2.30. The molecule has 0 bridgehead atoms. The van der Waals surface area contributed by atoms with Gasteiger partial charge in [-0.25, -0.2) is 4.57 Å². The fourth-order valence-electron chi connectivity index (χ4n) is 3.82. The first kappa shape index (κ1) is 18.6. The topological polar surface area (TPSA) is 3.88 Å². The van der Waals surface area contributed by atoms with Crippen LogP contribution in [0.5, 0.6) is 0 Å². The summed E-state index contributed by atoms with van der Waals surface area (Å²) in [7, 11) is 0.684. The normalized spacial score (nSPS) is 11.7. The van der Waals surface area contributed by atoms with E-state index in [0.29, 0.717) is 0 Å². The van der Waals surface area contributed by atoms with Gasteiger partial charge in [-0.15, -0.1) is 0 Å². The van der Waals surface area contributed by atoms with Crippen LogP contribution in [-0.2, 0) is 7.05 Å². The van der Waals surface area contributed by atoms with Crippen LogP contribution in [0.2, 0.25) is 19.6 Å². The second kappa shape index (κ2) is 6.84. The number of hydrogen-bond donors (Lipinski definition) is 0. The van der Waals surface area contributed by atoms with E-state index in [4.69, 9.17) is 0 Å². The molecule has 0 spiro atoms. The van der Waals surface area contributed by atoms with Crippen molar-refractivity contribution >= 4 is 13.3 Å². The van der Waals surface area contributed by atoms with Gasteiger partial charge in [0.05, 0.1) is 8.07 Å². The third-order valence-corrected chi connectivity index (χ3v) is 7.27. The van der Waals surface area contributed by atoms with Crippen molar-refractivity contribution in [3.63, 3.8) is 0 Å². The molecule has 0 N–H and O–H groups in total. The van der Waals surface area contributed by atoms with Crippen LogP contribution in [0, 0.1) is 20.8 Å². The first-order valence-corrected chi connectivity index (χ1v) is 12.9. The van der Waals surface area contributed by atoms with Crippen molar-refractivity contribution in [3.8, 4) is 22.4 Å². The molecule has 0 radical (unpaired) electrons. The van der Waals surface area contributed by atoms with Crippen LogP contribution < -0.4 is 9.75 Å². The van der Waals surface area contributed by atoms with E-state index >= 15 is 0 Å². The molecule has 3 aromatic rings. The standard InChI is InChI=1S/C24H30NSi/c1-17-11-8-9-14-20(17)22-15-21(23(16-25(22)4)26(5,6)7)24-18(2)12-10-13-19(24)3/h8-16H,1-7H3/q+1. The molecule has 0 aliphatic carbocycles. The van der Waals surface area contributed by atoms with E-state index in [-0.39, 0.29) is 0 Å². The van der Waals surface area contributed by atoms with Gasteiger partial charge < -0.3 is 0 Å². The number of pyridine rings is 1. The Kier molecular flexibility index (Phi) is 4.89. The quantitative estimate of drug-likeness (QED) is 0.440. The zero-order valence-electron chi connectivity index (χ0n) is 17.1. The molecule has 0 amide bonds. The highest BCUT2D eigenvalue weighted by atomic mass is 28.3. The van der Waals surface area contributed by atoms with E-state index in [0.717, 1.165) is 0 Å². The van der Waals surface area contributed by atoms with Crippen LogP contribution in [0.1, 0.15) is 16.7 Å². The number of nitrogens with zero attached hydrogens (tertiary/aromatic N) is 1. The van der Waals surface area contributed by atoms with Crippen molar-refractivity contribution < 1.29 is 4.57 Å². The zero-order valence-corrected chi connectivity index (χ0v) is 18.1. The number of benzene rings is 2. The lowest BCUT2D eigenvalue weighted by molar-refractivity contribution is -0.659. The van der Waals surface area contributed by atoms with Crippen molar-refractivity contribution in [1.82, 2.24) is 0 Å². The van der Waals surface area contributed by atoms with Crippen LogP contribution in [0.3, 0.4) is 0 Å². The smallest absolute Gasteiger partial charge is 0.201 e. The lowest BCUT2D eigenvalue weighted by atomic mass is 9.94. The summed E-state index contributed by atoms with van der Waals surface area (Å²) in [5.74, 6) is 0. The number of aromatic nitrogens is 1. The summed E-state index contributed by atoms with van der Waals surface area (Å²) in [5, 5.41) is 1.52. The van der Waals surface area contributed by atoms with E-state index in [1.165, 1.54) is 44.3 Å². The summed E-state index contributed by atoms with van der Waals surface area (Å²) in [4.78, 5) is 0. The average Bonchev–Trinajstić information content (AvgIpc) is 2.55. The van der Waals surface area contributed by atoms with Gasteiger partial charge in [-0.2, -0.15) is 0 Å². The first-order chi connectivity index (χ1) is 12.2. The minimum absolute atomic E-state index is 1.28. The molecule has 0 saturated heterocycles. The van der Waals surface area contributed by atoms with Crippen molar-refractivity contribution in [2.75, 3.05) is 0 Å². The summed E-state index contributed by atoms with van der Waals surface area (Å²) in [5.41, 5.74) is 9.43. The Labute approximate surface area is 159 Å².